The first-order chi connectivity index (χ1) is 12.6. The fourth-order valence-electron chi connectivity index (χ4n) is 4.45. The van der Waals surface area contributed by atoms with Crippen LogP contribution >= 0.6 is 0 Å². The molecule has 3 heterocycles. The molecule has 0 unspecified atom stereocenters. The fraction of sp³-hybridized carbons (Fsp3) is 0.381. The van der Waals surface area contributed by atoms with Crippen LogP contribution in [0.2, 0.25) is 0 Å². The number of carbonyl (C=O) groups excluding carboxylic acids is 2. The van der Waals surface area contributed by atoms with Crippen LogP contribution in [0.3, 0.4) is 0 Å². The molecule has 2 aliphatic rings. The first-order valence-corrected chi connectivity index (χ1v) is 9.18. The second-order valence-corrected chi connectivity index (χ2v) is 7.43. The smallest absolute Gasteiger partial charge is 0.273 e. The van der Waals surface area contributed by atoms with Gasteiger partial charge in [0.1, 0.15) is 5.69 Å². The van der Waals surface area contributed by atoms with Crippen molar-refractivity contribution >= 4 is 11.8 Å². The van der Waals surface area contributed by atoms with Gasteiger partial charge in [-0.2, -0.15) is 0 Å². The summed E-state index contributed by atoms with van der Waals surface area (Å²) in [7, 11) is 0. The number of nitrogens with one attached hydrogen (secondary N) is 1. The van der Waals surface area contributed by atoms with Gasteiger partial charge in [0.15, 0.2) is 0 Å². The average molecular weight is 349 g/mol. The number of benzene rings is 1. The summed E-state index contributed by atoms with van der Waals surface area (Å²) in [6.07, 6.45) is 4.49. The second-order valence-electron chi connectivity index (χ2n) is 7.43. The molecule has 0 bridgehead atoms. The maximum absolute atomic E-state index is 13.4. The van der Waals surface area contributed by atoms with E-state index in [-0.39, 0.29) is 23.9 Å². The minimum atomic E-state index is -0.418. The standard InChI is InChI=1S/C21H23N3O2/c1-21-14-17(15-8-3-2-4-9-15)24(18(21)11-7-12-19(25)23-21)20(26)16-10-5-6-13-22-16/h2-6,8-10,13,17-18H,7,11-12,14H2,1H3,(H,23,25)/t17-,18-,21-/m0/s1. The van der Waals surface area contributed by atoms with Gasteiger partial charge in [-0.05, 0) is 43.9 Å². The van der Waals surface area contributed by atoms with Gasteiger partial charge in [0.05, 0.1) is 17.6 Å². The highest BCUT2D eigenvalue weighted by Crippen LogP contribution is 2.45. The minimum Gasteiger partial charge on any atom is -0.349 e. The number of nitrogens with zero attached hydrogens (tertiary/aromatic N) is 2. The van der Waals surface area contributed by atoms with E-state index in [2.05, 4.69) is 29.4 Å². The van der Waals surface area contributed by atoms with Gasteiger partial charge in [0.2, 0.25) is 5.91 Å². The highest BCUT2D eigenvalue weighted by atomic mass is 16.2. The lowest BCUT2D eigenvalue weighted by molar-refractivity contribution is -0.122. The van der Waals surface area contributed by atoms with E-state index in [1.165, 1.54) is 0 Å². The Morgan fingerprint density at radius 3 is 2.69 bits per heavy atom. The number of hydrogen-bond donors (Lipinski definition) is 1. The molecular formula is C21H23N3O2. The van der Waals surface area contributed by atoms with Crippen molar-refractivity contribution in [3.63, 3.8) is 0 Å². The number of aromatic nitrogens is 1. The number of fused-ring (bicyclic) bond motifs is 1. The van der Waals surface area contributed by atoms with Crippen LogP contribution in [0.5, 0.6) is 0 Å². The third-order valence-corrected chi connectivity index (χ3v) is 5.63. The Bertz CT molecular complexity index is 809. The normalized spacial score (nSPS) is 28.2. The molecule has 0 saturated carbocycles. The van der Waals surface area contributed by atoms with Crippen molar-refractivity contribution in [1.29, 1.82) is 0 Å². The van der Waals surface area contributed by atoms with E-state index in [1.807, 2.05) is 35.2 Å². The van der Waals surface area contributed by atoms with Gasteiger partial charge in [0, 0.05) is 12.6 Å². The minimum absolute atomic E-state index is 0.0336. The molecular weight excluding hydrogens is 326 g/mol. The molecule has 5 heteroatoms. The summed E-state index contributed by atoms with van der Waals surface area (Å²) in [6, 6.07) is 15.4. The summed E-state index contributed by atoms with van der Waals surface area (Å²) in [5, 5.41) is 3.20. The van der Waals surface area contributed by atoms with Gasteiger partial charge in [0.25, 0.3) is 5.91 Å². The summed E-state index contributed by atoms with van der Waals surface area (Å²) < 4.78 is 0. The molecule has 0 spiro atoms. The Kier molecular flexibility index (Phi) is 4.23. The molecule has 2 fully saturated rings. The lowest BCUT2D eigenvalue weighted by Crippen LogP contribution is -2.54. The third kappa shape index (κ3) is 2.87. The molecule has 134 valence electrons. The van der Waals surface area contributed by atoms with Gasteiger partial charge in [-0.1, -0.05) is 36.4 Å². The Hall–Kier alpha value is -2.69. The van der Waals surface area contributed by atoms with Crippen LogP contribution in [0.1, 0.15) is 54.7 Å². The Morgan fingerprint density at radius 1 is 1.19 bits per heavy atom. The van der Waals surface area contributed by atoms with Crippen LogP contribution in [-0.4, -0.2) is 33.3 Å². The zero-order valence-electron chi connectivity index (χ0n) is 14.9. The number of pyridine rings is 1. The van der Waals surface area contributed by atoms with Crippen LogP contribution in [0.25, 0.3) is 0 Å². The lowest BCUT2D eigenvalue weighted by Gasteiger charge is -2.35. The highest BCUT2D eigenvalue weighted by Gasteiger charge is 2.53. The van der Waals surface area contributed by atoms with Crippen LogP contribution in [0.15, 0.2) is 54.7 Å². The van der Waals surface area contributed by atoms with E-state index >= 15 is 0 Å². The summed E-state index contributed by atoms with van der Waals surface area (Å²) in [6.45, 7) is 2.07. The summed E-state index contributed by atoms with van der Waals surface area (Å²) >= 11 is 0. The van der Waals surface area contributed by atoms with Gasteiger partial charge >= 0.3 is 0 Å². The largest absolute Gasteiger partial charge is 0.349 e. The van der Waals surface area contributed by atoms with E-state index in [0.29, 0.717) is 18.5 Å². The summed E-state index contributed by atoms with van der Waals surface area (Å²) in [5.74, 6) is 0.0123. The third-order valence-electron chi connectivity index (χ3n) is 5.63. The maximum Gasteiger partial charge on any atom is 0.273 e. The molecule has 5 nitrogen and oxygen atoms in total. The fourth-order valence-corrected chi connectivity index (χ4v) is 4.45. The van der Waals surface area contributed by atoms with Crippen molar-refractivity contribution in [1.82, 2.24) is 15.2 Å². The zero-order valence-corrected chi connectivity index (χ0v) is 14.9. The van der Waals surface area contributed by atoms with Gasteiger partial charge in [-0.3, -0.25) is 14.6 Å². The van der Waals surface area contributed by atoms with Crippen LogP contribution in [0, 0.1) is 0 Å². The summed E-state index contributed by atoms with van der Waals surface area (Å²) in [5.41, 5.74) is 1.13. The Balaban J connectivity index is 1.77. The molecule has 0 radical (unpaired) electrons. The second kappa shape index (κ2) is 6.56. The van der Waals surface area contributed by atoms with Crippen molar-refractivity contribution in [3.8, 4) is 0 Å². The molecule has 2 saturated heterocycles. The van der Waals surface area contributed by atoms with Crippen molar-refractivity contribution in [2.45, 2.75) is 50.2 Å². The topological polar surface area (TPSA) is 62.3 Å². The molecule has 26 heavy (non-hydrogen) atoms. The van der Waals surface area contributed by atoms with E-state index in [1.54, 1.807) is 12.3 Å². The Morgan fingerprint density at radius 2 is 1.96 bits per heavy atom. The first kappa shape index (κ1) is 16.8. The van der Waals surface area contributed by atoms with E-state index < -0.39 is 5.54 Å². The van der Waals surface area contributed by atoms with Crippen LogP contribution in [0.4, 0.5) is 0 Å². The molecule has 2 aliphatic heterocycles. The van der Waals surface area contributed by atoms with E-state index in [9.17, 15) is 9.59 Å². The van der Waals surface area contributed by atoms with Crippen molar-refractivity contribution in [2.75, 3.05) is 0 Å². The van der Waals surface area contributed by atoms with Gasteiger partial charge < -0.3 is 10.2 Å². The molecule has 3 atom stereocenters. The number of carbonyl (C=O) groups is 2. The van der Waals surface area contributed by atoms with Gasteiger partial charge in [-0.15, -0.1) is 0 Å². The molecule has 2 aromatic rings. The van der Waals surface area contributed by atoms with Crippen molar-refractivity contribution < 1.29 is 9.59 Å². The zero-order chi connectivity index (χ0) is 18.1. The van der Waals surface area contributed by atoms with Gasteiger partial charge in [-0.25, -0.2) is 0 Å². The molecule has 1 N–H and O–H groups in total. The van der Waals surface area contributed by atoms with Crippen LogP contribution < -0.4 is 5.32 Å². The first-order valence-electron chi connectivity index (χ1n) is 9.18. The lowest BCUT2D eigenvalue weighted by atomic mass is 9.88. The molecule has 2 amide bonds. The number of rotatable bonds is 2. The monoisotopic (exact) mass is 349 g/mol. The molecule has 1 aromatic heterocycles. The summed E-state index contributed by atoms with van der Waals surface area (Å²) in [4.78, 5) is 31.8. The van der Waals surface area contributed by atoms with Crippen molar-refractivity contribution in [3.05, 3.63) is 66.0 Å². The highest BCUT2D eigenvalue weighted by molar-refractivity contribution is 5.93. The Labute approximate surface area is 153 Å². The quantitative estimate of drug-likeness (QED) is 0.906. The van der Waals surface area contributed by atoms with Crippen molar-refractivity contribution in [2.24, 2.45) is 0 Å². The van der Waals surface area contributed by atoms with Crippen LogP contribution in [-0.2, 0) is 4.79 Å². The average Bonchev–Trinajstić information content (AvgIpc) is 2.86. The molecule has 4 rings (SSSR count). The predicted molar refractivity (Wildman–Crippen MR) is 98.4 cm³/mol. The SMILES string of the molecule is C[C@]12C[C@@H](c3ccccc3)N(C(=O)c3ccccn3)[C@H]1CCCC(=O)N2. The maximum atomic E-state index is 13.4. The number of amides is 2. The predicted octanol–water partition coefficient (Wildman–Crippen LogP) is 3.10. The molecule has 0 aliphatic carbocycles. The van der Waals surface area contributed by atoms with E-state index in [0.717, 1.165) is 18.4 Å². The molecule has 1 aromatic carbocycles. The van der Waals surface area contributed by atoms with E-state index in [4.69, 9.17) is 0 Å². The number of likely N-dealkylation sites (tertiary alicyclic amines) is 1. The number of hydrogen-bond acceptors (Lipinski definition) is 3.